The molecular weight excluding hydrogens is 265 g/mol. The molecule has 1 aliphatic heterocycles. The van der Waals surface area contributed by atoms with Crippen LogP contribution in [0.1, 0.15) is 12.8 Å². The van der Waals surface area contributed by atoms with Crippen LogP contribution in [0, 0.1) is 0 Å². The molecule has 1 aliphatic rings. The Morgan fingerprint density at radius 1 is 1.21 bits per heavy atom. The van der Waals surface area contributed by atoms with Gasteiger partial charge in [-0.3, -0.25) is 5.43 Å². The lowest BCUT2D eigenvalue weighted by Gasteiger charge is -2.16. The van der Waals surface area contributed by atoms with Crippen molar-refractivity contribution in [3.05, 3.63) is 0 Å². The highest BCUT2D eigenvalue weighted by atomic mass is 19.4. The van der Waals surface area contributed by atoms with E-state index in [0.717, 1.165) is 25.9 Å². The first-order valence-electron chi connectivity index (χ1n) is 5.65. The highest BCUT2D eigenvalue weighted by Crippen LogP contribution is 2.21. The normalized spacial score (nSPS) is 15.7. The number of nitrogen functional groups attached to an aromatic ring is 1. The van der Waals surface area contributed by atoms with Crippen LogP contribution in [0.3, 0.4) is 0 Å². The zero-order valence-electron chi connectivity index (χ0n) is 9.94. The zero-order valence-corrected chi connectivity index (χ0v) is 9.94. The summed E-state index contributed by atoms with van der Waals surface area (Å²) in [6, 6.07) is -0.401. The number of nitrogens with one attached hydrogen (secondary N) is 1. The molecule has 7 nitrogen and oxygen atoms in total. The molecule has 0 amide bonds. The van der Waals surface area contributed by atoms with Crippen LogP contribution < -0.4 is 20.9 Å². The Bertz CT molecular complexity index is 434. The second kappa shape index (κ2) is 5.43. The molecule has 19 heavy (non-hydrogen) atoms. The SMILES string of the molecule is NNc1nc(OCC(F)(F)F)nc(N2CCCC2)n1. The number of hydrogen-bond donors (Lipinski definition) is 2. The van der Waals surface area contributed by atoms with Crippen molar-refractivity contribution in [2.75, 3.05) is 30.0 Å². The minimum Gasteiger partial charge on any atom is -0.454 e. The molecule has 10 heteroatoms. The van der Waals surface area contributed by atoms with Gasteiger partial charge in [-0.15, -0.1) is 0 Å². The lowest BCUT2D eigenvalue weighted by atomic mass is 10.4. The first-order chi connectivity index (χ1) is 8.98. The van der Waals surface area contributed by atoms with Crippen molar-refractivity contribution in [1.29, 1.82) is 0 Å². The Balaban J connectivity index is 2.15. The minimum absolute atomic E-state index is 0.0333. The summed E-state index contributed by atoms with van der Waals surface area (Å²) in [5, 5.41) is 0. The van der Waals surface area contributed by atoms with Crippen LogP contribution in [-0.2, 0) is 0 Å². The van der Waals surface area contributed by atoms with Crippen LogP contribution in [0.2, 0.25) is 0 Å². The van der Waals surface area contributed by atoms with Crippen LogP contribution in [0.5, 0.6) is 6.01 Å². The Morgan fingerprint density at radius 3 is 2.47 bits per heavy atom. The number of hydrazine groups is 1. The first-order valence-corrected chi connectivity index (χ1v) is 5.65. The van der Waals surface area contributed by atoms with Crippen molar-refractivity contribution in [2.24, 2.45) is 5.84 Å². The Kier molecular flexibility index (Phi) is 3.88. The Labute approximate surface area is 107 Å². The van der Waals surface area contributed by atoms with E-state index in [1.165, 1.54) is 0 Å². The largest absolute Gasteiger partial charge is 0.454 e. The van der Waals surface area contributed by atoms with E-state index in [1.54, 1.807) is 0 Å². The van der Waals surface area contributed by atoms with E-state index in [0.29, 0.717) is 0 Å². The van der Waals surface area contributed by atoms with Gasteiger partial charge in [-0.25, -0.2) is 5.84 Å². The van der Waals surface area contributed by atoms with E-state index in [9.17, 15) is 13.2 Å². The summed E-state index contributed by atoms with van der Waals surface area (Å²) in [5.74, 6) is 5.40. The number of halogens is 3. The second-order valence-electron chi connectivity index (χ2n) is 3.98. The van der Waals surface area contributed by atoms with Gasteiger partial charge >= 0.3 is 12.2 Å². The van der Waals surface area contributed by atoms with Crippen molar-refractivity contribution in [1.82, 2.24) is 15.0 Å². The molecule has 1 aromatic heterocycles. The van der Waals surface area contributed by atoms with Crippen LogP contribution in [-0.4, -0.2) is 40.8 Å². The number of nitrogens with two attached hydrogens (primary N) is 1. The highest BCUT2D eigenvalue weighted by Gasteiger charge is 2.29. The number of rotatable bonds is 4. The topological polar surface area (TPSA) is 89.2 Å². The molecule has 0 unspecified atom stereocenters. The first kappa shape index (κ1) is 13.6. The molecule has 0 aromatic carbocycles. The lowest BCUT2D eigenvalue weighted by Crippen LogP contribution is -2.24. The Hall–Kier alpha value is -1.84. The fourth-order valence-electron chi connectivity index (χ4n) is 1.68. The van der Waals surface area contributed by atoms with E-state index in [1.807, 2.05) is 4.90 Å². The molecule has 0 atom stereocenters. The van der Waals surface area contributed by atoms with Crippen LogP contribution in [0.25, 0.3) is 0 Å². The third-order valence-electron chi connectivity index (χ3n) is 2.49. The summed E-state index contributed by atoms with van der Waals surface area (Å²) in [4.78, 5) is 13.3. The van der Waals surface area contributed by atoms with Gasteiger partial charge in [0.2, 0.25) is 11.9 Å². The van der Waals surface area contributed by atoms with Gasteiger partial charge in [0.05, 0.1) is 0 Å². The third kappa shape index (κ3) is 3.81. The zero-order chi connectivity index (χ0) is 13.9. The van der Waals surface area contributed by atoms with Gasteiger partial charge in [-0.2, -0.15) is 28.1 Å². The number of anilines is 2. The van der Waals surface area contributed by atoms with E-state index < -0.39 is 18.8 Å². The molecule has 2 heterocycles. The average Bonchev–Trinajstić information content (AvgIpc) is 2.89. The average molecular weight is 278 g/mol. The molecule has 2 rings (SSSR count). The van der Waals surface area contributed by atoms with Gasteiger partial charge in [0.1, 0.15) is 0 Å². The number of aromatic nitrogens is 3. The molecule has 0 saturated carbocycles. The second-order valence-corrected chi connectivity index (χ2v) is 3.98. The lowest BCUT2D eigenvalue weighted by molar-refractivity contribution is -0.154. The number of hydrogen-bond acceptors (Lipinski definition) is 7. The maximum Gasteiger partial charge on any atom is 0.422 e. The molecule has 1 saturated heterocycles. The predicted octanol–water partition coefficient (Wildman–Crippen LogP) is 0.698. The molecule has 0 radical (unpaired) electrons. The van der Waals surface area contributed by atoms with E-state index in [-0.39, 0.29) is 11.9 Å². The van der Waals surface area contributed by atoms with E-state index >= 15 is 0 Å². The third-order valence-corrected chi connectivity index (χ3v) is 2.49. The number of alkyl halides is 3. The molecular formula is C9H13F3N6O. The van der Waals surface area contributed by atoms with Gasteiger partial charge in [0.25, 0.3) is 0 Å². The molecule has 106 valence electrons. The number of nitrogens with zero attached hydrogens (tertiary/aromatic N) is 4. The number of ether oxygens (including phenoxy) is 1. The maximum absolute atomic E-state index is 12.1. The van der Waals surface area contributed by atoms with Crippen LogP contribution in [0.4, 0.5) is 25.1 Å². The van der Waals surface area contributed by atoms with Gasteiger partial charge in [0.15, 0.2) is 6.61 Å². The summed E-state index contributed by atoms with van der Waals surface area (Å²) in [7, 11) is 0. The fraction of sp³-hybridized carbons (Fsp3) is 0.667. The molecule has 0 aliphatic carbocycles. The smallest absolute Gasteiger partial charge is 0.422 e. The van der Waals surface area contributed by atoms with Crippen LogP contribution >= 0.6 is 0 Å². The standard InChI is InChI=1S/C9H13F3N6O/c10-9(11,12)5-19-8-15-6(17-13)14-7(16-8)18-3-1-2-4-18/h1-5,13H2,(H,14,15,16,17). The molecule has 1 fully saturated rings. The predicted molar refractivity (Wildman–Crippen MR) is 60.6 cm³/mol. The Morgan fingerprint density at radius 2 is 1.89 bits per heavy atom. The highest BCUT2D eigenvalue weighted by molar-refractivity contribution is 5.38. The molecule has 3 N–H and O–H groups in total. The van der Waals surface area contributed by atoms with E-state index in [2.05, 4.69) is 25.1 Å². The van der Waals surface area contributed by atoms with Gasteiger partial charge in [0, 0.05) is 13.1 Å². The summed E-state index contributed by atoms with van der Waals surface area (Å²) in [5.41, 5.74) is 2.18. The molecule has 1 aromatic rings. The van der Waals surface area contributed by atoms with Crippen molar-refractivity contribution < 1.29 is 17.9 Å². The quantitative estimate of drug-likeness (QED) is 0.619. The molecule has 0 bridgehead atoms. The van der Waals surface area contributed by atoms with Crippen molar-refractivity contribution in [2.45, 2.75) is 19.0 Å². The van der Waals surface area contributed by atoms with Gasteiger partial charge < -0.3 is 9.64 Å². The summed E-state index contributed by atoms with van der Waals surface area (Å²) in [6.45, 7) is 0.0277. The maximum atomic E-state index is 12.1. The summed E-state index contributed by atoms with van der Waals surface area (Å²) < 4.78 is 40.7. The van der Waals surface area contributed by atoms with Crippen LogP contribution in [0.15, 0.2) is 0 Å². The van der Waals surface area contributed by atoms with Crippen molar-refractivity contribution in [3.8, 4) is 6.01 Å². The minimum atomic E-state index is -4.45. The monoisotopic (exact) mass is 278 g/mol. The van der Waals surface area contributed by atoms with Gasteiger partial charge in [-0.1, -0.05) is 0 Å². The summed E-state index contributed by atoms with van der Waals surface area (Å²) in [6.07, 6.45) is -2.48. The van der Waals surface area contributed by atoms with Crippen molar-refractivity contribution >= 4 is 11.9 Å². The van der Waals surface area contributed by atoms with E-state index in [4.69, 9.17) is 5.84 Å². The molecule has 0 spiro atoms. The fourth-order valence-corrected chi connectivity index (χ4v) is 1.68. The van der Waals surface area contributed by atoms with Gasteiger partial charge in [-0.05, 0) is 12.8 Å². The van der Waals surface area contributed by atoms with Crippen molar-refractivity contribution in [3.63, 3.8) is 0 Å². The summed E-state index contributed by atoms with van der Waals surface area (Å²) >= 11 is 0.